The number of nitrogens with two attached hydrogens (primary N) is 1. The average Bonchev–Trinajstić information content (AvgIpc) is 2.75. The van der Waals surface area contributed by atoms with Gasteiger partial charge in [-0.25, -0.2) is 4.68 Å². The molecule has 0 saturated heterocycles. The fraction of sp³-hybridized carbons (Fsp3) is 0.308. The van der Waals surface area contributed by atoms with E-state index in [2.05, 4.69) is 36.3 Å². The van der Waals surface area contributed by atoms with Crippen LogP contribution in [0.3, 0.4) is 0 Å². The van der Waals surface area contributed by atoms with E-state index in [4.69, 9.17) is 5.73 Å². The predicted molar refractivity (Wildman–Crippen MR) is 65.5 cm³/mol. The summed E-state index contributed by atoms with van der Waals surface area (Å²) in [5.41, 5.74) is 9.23. The SMILES string of the molecule is CC[C@@H](N)c1ccc(-n2ccc(C)n2)cc1. The van der Waals surface area contributed by atoms with E-state index in [1.165, 1.54) is 5.56 Å². The van der Waals surface area contributed by atoms with Crippen molar-refractivity contribution in [3.05, 3.63) is 47.8 Å². The van der Waals surface area contributed by atoms with Gasteiger partial charge in [0, 0.05) is 12.2 Å². The lowest BCUT2D eigenvalue weighted by Crippen LogP contribution is -2.08. The molecule has 16 heavy (non-hydrogen) atoms. The van der Waals surface area contributed by atoms with Gasteiger partial charge in [-0.15, -0.1) is 0 Å². The highest BCUT2D eigenvalue weighted by molar-refractivity contribution is 5.35. The van der Waals surface area contributed by atoms with E-state index in [9.17, 15) is 0 Å². The molecule has 0 unspecified atom stereocenters. The Morgan fingerprint density at radius 2 is 1.94 bits per heavy atom. The maximum absolute atomic E-state index is 5.96. The molecule has 0 fully saturated rings. The van der Waals surface area contributed by atoms with E-state index in [1.807, 2.05) is 23.9 Å². The molecule has 0 saturated carbocycles. The van der Waals surface area contributed by atoms with Gasteiger partial charge in [-0.2, -0.15) is 5.10 Å². The van der Waals surface area contributed by atoms with E-state index < -0.39 is 0 Å². The van der Waals surface area contributed by atoms with Crippen LogP contribution in [0.1, 0.15) is 30.6 Å². The third-order valence-corrected chi connectivity index (χ3v) is 2.75. The molecule has 84 valence electrons. The van der Waals surface area contributed by atoms with Gasteiger partial charge in [0.2, 0.25) is 0 Å². The van der Waals surface area contributed by atoms with Crippen molar-refractivity contribution in [2.75, 3.05) is 0 Å². The number of hydrogen-bond donors (Lipinski definition) is 1. The molecule has 0 aliphatic rings. The molecule has 0 radical (unpaired) electrons. The first-order chi connectivity index (χ1) is 7.70. The third kappa shape index (κ3) is 2.14. The first-order valence-corrected chi connectivity index (χ1v) is 5.59. The number of hydrogen-bond acceptors (Lipinski definition) is 2. The minimum Gasteiger partial charge on any atom is -0.324 e. The normalized spacial score (nSPS) is 12.7. The van der Waals surface area contributed by atoms with Crippen LogP contribution in [0.25, 0.3) is 5.69 Å². The second-order valence-corrected chi connectivity index (χ2v) is 4.01. The lowest BCUT2D eigenvalue weighted by molar-refractivity contribution is 0.698. The zero-order valence-electron chi connectivity index (χ0n) is 9.72. The summed E-state index contributed by atoms with van der Waals surface area (Å²) < 4.78 is 1.87. The van der Waals surface area contributed by atoms with Crippen LogP contribution in [-0.2, 0) is 0 Å². The van der Waals surface area contributed by atoms with E-state index in [0.29, 0.717) is 0 Å². The quantitative estimate of drug-likeness (QED) is 0.855. The highest BCUT2D eigenvalue weighted by Crippen LogP contribution is 2.16. The predicted octanol–water partition coefficient (Wildman–Crippen LogP) is 2.59. The van der Waals surface area contributed by atoms with Crippen molar-refractivity contribution >= 4 is 0 Å². The highest BCUT2D eigenvalue weighted by atomic mass is 15.3. The Kier molecular flexibility index (Phi) is 3.06. The fourth-order valence-corrected chi connectivity index (χ4v) is 1.67. The molecular formula is C13H17N3. The van der Waals surface area contributed by atoms with Gasteiger partial charge in [-0.3, -0.25) is 0 Å². The summed E-state index contributed by atoms with van der Waals surface area (Å²) in [5.74, 6) is 0. The van der Waals surface area contributed by atoms with Gasteiger partial charge in [0.25, 0.3) is 0 Å². The molecule has 0 spiro atoms. The van der Waals surface area contributed by atoms with Crippen LogP contribution in [0.15, 0.2) is 36.5 Å². The van der Waals surface area contributed by atoms with Gasteiger partial charge >= 0.3 is 0 Å². The first-order valence-electron chi connectivity index (χ1n) is 5.59. The molecule has 1 aromatic heterocycles. The maximum Gasteiger partial charge on any atom is 0.0645 e. The van der Waals surface area contributed by atoms with Crippen molar-refractivity contribution in [2.24, 2.45) is 5.73 Å². The Morgan fingerprint density at radius 3 is 2.44 bits per heavy atom. The maximum atomic E-state index is 5.96. The van der Waals surface area contributed by atoms with Crippen LogP contribution < -0.4 is 5.73 Å². The summed E-state index contributed by atoms with van der Waals surface area (Å²) in [4.78, 5) is 0. The summed E-state index contributed by atoms with van der Waals surface area (Å²) >= 11 is 0. The molecule has 2 rings (SSSR count). The molecule has 2 N–H and O–H groups in total. The van der Waals surface area contributed by atoms with Crippen LogP contribution in [0.5, 0.6) is 0 Å². The van der Waals surface area contributed by atoms with Crippen LogP contribution in [-0.4, -0.2) is 9.78 Å². The smallest absolute Gasteiger partial charge is 0.0645 e. The largest absolute Gasteiger partial charge is 0.324 e. The van der Waals surface area contributed by atoms with Crippen molar-refractivity contribution < 1.29 is 0 Å². The van der Waals surface area contributed by atoms with Gasteiger partial charge in [0.15, 0.2) is 0 Å². The molecule has 3 heteroatoms. The van der Waals surface area contributed by atoms with Gasteiger partial charge in [-0.05, 0) is 37.1 Å². The summed E-state index contributed by atoms with van der Waals surface area (Å²) in [5, 5.41) is 4.36. The topological polar surface area (TPSA) is 43.8 Å². The Bertz CT molecular complexity index is 456. The van der Waals surface area contributed by atoms with Crippen molar-refractivity contribution in [1.29, 1.82) is 0 Å². The molecule has 0 aliphatic heterocycles. The zero-order valence-corrected chi connectivity index (χ0v) is 9.72. The standard InChI is InChI=1S/C13H17N3/c1-3-13(14)11-4-6-12(7-5-11)16-9-8-10(2)15-16/h4-9,13H,3,14H2,1-2H3/t13-/m1/s1. The Morgan fingerprint density at radius 1 is 1.25 bits per heavy atom. The fourth-order valence-electron chi connectivity index (χ4n) is 1.67. The Balaban J connectivity index is 2.25. The van der Waals surface area contributed by atoms with Gasteiger partial charge < -0.3 is 5.73 Å². The summed E-state index contributed by atoms with van der Waals surface area (Å²) in [6, 6.07) is 10.4. The minimum absolute atomic E-state index is 0.133. The number of nitrogens with zero attached hydrogens (tertiary/aromatic N) is 2. The molecule has 0 aliphatic carbocycles. The van der Waals surface area contributed by atoms with Gasteiger partial charge in [-0.1, -0.05) is 19.1 Å². The average molecular weight is 215 g/mol. The van der Waals surface area contributed by atoms with Crippen LogP contribution >= 0.6 is 0 Å². The number of rotatable bonds is 3. The van der Waals surface area contributed by atoms with Crippen LogP contribution in [0.2, 0.25) is 0 Å². The molecule has 1 heterocycles. The molecule has 3 nitrogen and oxygen atoms in total. The highest BCUT2D eigenvalue weighted by Gasteiger charge is 2.03. The van der Waals surface area contributed by atoms with Crippen LogP contribution in [0.4, 0.5) is 0 Å². The third-order valence-electron chi connectivity index (χ3n) is 2.75. The van der Waals surface area contributed by atoms with Crippen molar-refractivity contribution in [3.8, 4) is 5.69 Å². The Hall–Kier alpha value is -1.61. The minimum atomic E-state index is 0.133. The molecule has 1 atom stereocenters. The lowest BCUT2D eigenvalue weighted by atomic mass is 10.1. The second-order valence-electron chi connectivity index (χ2n) is 4.01. The lowest BCUT2D eigenvalue weighted by Gasteiger charge is -2.09. The number of aromatic nitrogens is 2. The van der Waals surface area contributed by atoms with Gasteiger partial charge in [0.05, 0.1) is 11.4 Å². The number of aryl methyl sites for hydroxylation is 1. The van der Waals surface area contributed by atoms with E-state index >= 15 is 0 Å². The van der Waals surface area contributed by atoms with Crippen molar-refractivity contribution in [3.63, 3.8) is 0 Å². The van der Waals surface area contributed by atoms with Crippen LogP contribution in [0, 0.1) is 6.92 Å². The van der Waals surface area contributed by atoms with E-state index in [1.54, 1.807) is 0 Å². The second kappa shape index (κ2) is 4.49. The van der Waals surface area contributed by atoms with Crippen molar-refractivity contribution in [1.82, 2.24) is 9.78 Å². The summed E-state index contributed by atoms with van der Waals surface area (Å²) in [6.45, 7) is 4.08. The monoisotopic (exact) mass is 215 g/mol. The molecule has 0 bridgehead atoms. The van der Waals surface area contributed by atoms with Crippen molar-refractivity contribution in [2.45, 2.75) is 26.3 Å². The number of benzene rings is 1. The molecular weight excluding hydrogens is 198 g/mol. The van der Waals surface area contributed by atoms with E-state index in [0.717, 1.165) is 17.8 Å². The zero-order chi connectivity index (χ0) is 11.5. The molecule has 2 aromatic rings. The Labute approximate surface area is 95.9 Å². The molecule has 1 aromatic carbocycles. The van der Waals surface area contributed by atoms with E-state index in [-0.39, 0.29) is 6.04 Å². The summed E-state index contributed by atoms with van der Waals surface area (Å²) in [7, 11) is 0. The van der Waals surface area contributed by atoms with Gasteiger partial charge in [0.1, 0.15) is 0 Å². The summed E-state index contributed by atoms with van der Waals surface area (Å²) in [6.07, 6.45) is 2.92. The molecule has 0 amide bonds. The first kappa shape index (κ1) is 10.9.